The molecule has 2 N–H and O–H groups in total. The van der Waals surface area contributed by atoms with Gasteiger partial charge in [0.2, 0.25) is 5.91 Å². The minimum absolute atomic E-state index is 0.164. The van der Waals surface area contributed by atoms with E-state index in [1.165, 1.54) is 0 Å². The van der Waals surface area contributed by atoms with Gasteiger partial charge in [-0.1, -0.05) is 13.3 Å². The third-order valence-electron chi connectivity index (χ3n) is 4.21. The molecule has 0 aromatic carbocycles. The molecule has 98 valence electrons. The SMILES string of the molecule is CCC1CCN(C(=O)C2CCOCC2)CC1N. The van der Waals surface area contributed by atoms with Crippen molar-refractivity contribution in [3.8, 4) is 0 Å². The molecule has 0 aromatic heterocycles. The standard InChI is InChI=1S/C13H24N2O2/c1-2-10-3-6-15(9-12(10)14)13(16)11-4-7-17-8-5-11/h10-12H,2-9,14H2,1H3. The summed E-state index contributed by atoms with van der Waals surface area (Å²) in [5, 5.41) is 0. The maximum absolute atomic E-state index is 12.3. The van der Waals surface area contributed by atoms with Gasteiger partial charge < -0.3 is 15.4 Å². The largest absolute Gasteiger partial charge is 0.381 e. The van der Waals surface area contributed by atoms with E-state index in [1.54, 1.807) is 0 Å². The topological polar surface area (TPSA) is 55.6 Å². The summed E-state index contributed by atoms with van der Waals surface area (Å²) in [4.78, 5) is 14.3. The summed E-state index contributed by atoms with van der Waals surface area (Å²) >= 11 is 0. The molecule has 4 heteroatoms. The molecule has 2 rings (SSSR count). The van der Waals surface area contributed by atoms with E-state index in [0.717, 1.165) is 52.0 Å². The van der Waals surface area contributed by atoms with Gasteiger partial charge in [-0.2, -0.15) is 0 Å². The predicted octanol–water partition coefficient (Wildman–Crippen LogP) is 0.999. The molecular formula is C13H24N2O2. The molecule has 2 aliphatic rings. The number of nitrogens with zero attached hydrogens (tertiary/aromatic N) is 1. The van der Waals surface area contributed by atoms with Gasteiger partial charge in [0.25, 0.3) is 0 Å². The van der Waals surface area contributed by atoms with Crippen LogP contribution in [0.25, 0.3) is 0 Å². The maximum atomic E-state index is 12.3. The lowest BCUT2D eigenvalue weighted by Crippen LogP contribution is -2.52. The number of nitrogens with two attached hydrogens (primary N) is 1. The van der Waals surface area contributed by atoms with E-state index < -0.39 is 0 Å². The van der Waals surface area contributed by atoms with E-state index in [9.17, 15) is 4.79 Å². The fraction of sp³-hybridized carbons (Fsp3) is 0.923. The van der Waals surface area contributed by atoms with Gasteiger partial charge in [-0.05, 0) is 25.2 Å². The van der Waals surface area contributed by atoms with E-state index in [-0.39, 0.29) is 12.0 Å². The van der Waals surface area contributed by atoms with Gasteiger partial charge >= 0.3 is 0 Å². The summed E-state index contributed by atoms with van der Waals surface area (Å²) in [6.45, 7) is 5.28. The number of carbonyl (C=O) groups is 1. The lowest BCUT2D eigenvalue weighted by Gasteiger charge is -2.38. The van der Waals surface area contributed by atoms with Crippen molar-refractivity contribution in [1.82, 2.24) is 4.90 Å². The molecule has 2 aliphatic heterocycles. The van der Waals surface area contributed by atoms with Gasteiger partial charge in [-0.15, -0.1) is 0 Å². The Balaban J connectivity index is 1.87. The molecule has 1 amide bonds. The maximum Gasteiger partial charge on any atom is 0.225 e. The molecule has 2 heterocycles. The summed E-state index contributed by atoms with van der Waals surface area (Å²) in [6.07, 6.45) is 3.94. The smallest absolute Gasteiger partial charge is 0.225 e. The summed E-state index contributed by atoms with van der Waals surface area (Å²) in [5.41, 5.74) is 6.13. The predicted molar refractivity (Wildman–Crippen MR) is 66.5 cm³/mol. The Bertz CT molecular complexity index is 264. The molecule has 2 fully saturated rings. The van der Waals surface area contributed by atoms with Crippen LogP contribution in [-0.4, -0.2) is 43.2 Å². The van der Waals surface area contributed by atoms with Crippen LogP contribution in [0.2, 0.25) is 0 Å². The molecule has 0 spiro atoms. The molecule has 0 bridgehead atoms. The lowest BCUT2D eigenvalue weighted by molar-refractivity contribution is -0.140. The Morgan fingerprint density at radius 3 is 2.65 bits per heavy atom. The van der Waals surface area contributed by atoms with Crippen molar-refractivity contribution < 1.29 is 9.53 Å². The normalized spacial score (nSPS) is 31.5. The zero-order chi connectivity index (χ0) is 12.3. The lowest BCUT2D eigenvalue weighted by atomic mass is 9.88. The fourth-order valence-electron chi connectivity index (χ4n) is 2.94. The fourth-order valence-corrected chi connectivity index (χ4v) is 2.94. The number of ether oxygens (including phenoxy) is 1. The number of carbonyl (C=O) groups excluding carboxylic acids is 1. The van der Waals surface area contributed by atoms with Crippen molar-refractivity contribution in [1.29, 1.82) is 0 Å². The molecule has 2 atom stereocenters. The molecule has 0 saturated carbocycles. The van der Waals surface area contributed by atoms with Gasteiger partial charge in [0.15, 0.2) is 0 Å². The van der Waals surface area contributed by atoms with Crippen molar-refractivity contribution in [3.05, 3.63) is 0 Å². The van der Waals surface area contributed by atoms with Crippen molar-refractivity contribution in [2.45, 2.75) is 38.6 Å². The molecule has 17 heavy (non-hydrogen) atoms. The van der Waals surface area contributed by atoms with Crippen LogP contribution in [0, 0.1) is 11.8 Å². The average molecular weight is 240 g/mol. The van der Waals surface area contributed by atoms with Crippen LogP contribution in [0.1, 0.15) is 32.6 Å². The highest BCUT2D eigenvalue weighted by atomic mass is 16.5. The van der Waals surface area contributed by atoms with E-state index in [1.807, 2.05) is 4.90 Å². The molecule has 0 radical (unpaired) electrons. The van der Waals surface area contributed by atoms with Gasteiger partial charge in [0, 0.05) is 38.3 Å². The van der Waals surface area contributed by atoms with Crippen molar-refractivity contribution in [3.63, 3.8) is 0 Å². The van der Waals surface area contributed by atoms with Crippen LogP contribution in [0.4, 0.5) is 0 Å². The highest BCUT2D eigenvalue weighted by molar-refractivity contribution is 5.79. The summed E-state index contributed by atoms with van der Waals surface area (Å²) in [5.74, 6) is 1.07. The number of hydrogen-bond acceptors (Lipinski definition) is 3. The molecule has 0 aliphatic carbocycles. The van der Waals surface area contributed by atoms with E-state index in [2.05, 4.69) is 6.92 Å². The van der Waals surface area contributed by atoms with Crippen LogP contribution in [-0.2, 0) is 9.53 Å². The summed E-state index contributed by atoms with van der Waals surface area (Å²) in [7, 11) is 0. The Kier molecular flexibility index (Phi) is 4.40. The first kappa shape index (κ1) is 12.8. The minimum atomic E-state index is 0.164. The summed E-state index contributed by atoms with van der Waals surface area (Å²) in [6, 6.07) is 0.164. The molecule has 2 saturated heterocycles. The number of rotatable bonds is 2. The molecule has 0 aromatic rings. The molecular weight excluding hydrogens is 216 g/mol. The molecule has 4 nitrogen and oxygen atoms in total. The van der Waals surface area contributed by atoms with Gasteiger partial charge in [-0.25, -0.2) is 0 Å². The number of hydrogen-bond donors (Lipinski definition) is 1. The summed E-state index contributed by atoms with van der Waals surface area (Å²) < 4.78 is 5.30. The Morgan fingerprint density at radius 2 is 2.06 bits per heavy atom. The first-order chi connectivity index (χ1) is 8.22. The highest BCUT2D eigenvalue weighted by Crippen LogP contribution is 2.23. The van der Waals surface area contributed by atoms with Crippen LogP contribution < -0.4 is 5.73 Å². The zero-order valence-electron chi connectivity index (χ0n) is 10.7. The monoisotopic (exact) mass is 240 g/mol. The van der Waals surface area contributed by atoms with E-state index >= 15 is 0 Å². The van der Waals surface area contributed by atoms with E-state index in [4.69, 9.17) is 10.5 Å². The highest BCUT2D eigenvalue weighted by Gasteiger charge is 2.32. The number of amides is 1. The Hall–Kier alpha value is -0.610. The zero-order valence-corrected chi connectivity index (χ0v) is 10.7. The van der Waals surface area contributed by atoms with Crippen LogP contribution in [0.3, 0.4) is 0 Å². The number of piperidine rings is 1. The van der Waals surface area contributed by atoms with Crippen molar-refractivity contribution in [2.75, 3.05) is 26.3 Å². The quantitative estimate of drug-likeness (QED) is 0.783. The first-order valence-corrected chi connectivity index (χ1v) is 6.84. The van der Waals surface area contributed by atoms with Crippen LogP contribution >= 0.6 is 0 Å². The van der Waals surface area contributed by atoms with Gasteiger partial charge in [0.05, 0.1) is 0 Å². The minimum Gasteiger partial charge on any atom is -0.381 e. The second kappa shape index (κ2) is 5.83. The van der Waals surface area contributed by atoms with Gasteiger partial charge in [0.1, 0.15) is 0 Å². The third kappa shape index (κ3) is 2.99. The second-order valence-corrected chi connectivity index (χ2v) is 5.29. The number of likely N-dealkylation sites (tertiary alicyclic amines) is 1. The second-order valence-electron chi connectivity index (χ2n) is 5.29. The van der Waals surface area contributed by atoms with Crippen molar-refractivity contribution >= 4 is 5.91 Å². The Labute approximate surface area is 103 Å². The van der Waals surface area contributed by atoms with Crippen LogP contribution in [0.5, 0.6) is 0 Å². The van der Waals surface area contributed by atoms with E-state index in [0.29, 0.717) is 11.8 Å². The Morgan fingerprint density at radius 1 is 1.35 bits per heavy atom. The van der Waals surface area contributed by atoms with Crippen molar-refractivity contribution in [2.24, 2.45) is 17.6 Å². The average Bonchev–Trinajstić information content (AvgIpc) is 2.39. The van der Waals surface area contributed by atoms with Gasteiger partial charge in [-0.3, -0.25) is 4.79 Å². The molecule has 2 unspecified atom stereocenters. The third-order valence-corrected chi connectivity index (χ3v) is 4.21. The first-order valence-electron chi connectivity index (χ1n) is 6.84. The van der Waals surface area contributed by atoms with Crippen LogP contribution in [0.15, 0.2) is 0 Å².